The molecule has 104 valence electrons. The van der Waals surface area contributed by atoms with Crippen molar-refractivity contribution in [2.45, 2.75) is 18.9 Å². The first-order chi connectivity index (χ1) is 9.58. The molecule has 1 saturated heterocycles. The van der Waals surface area contributed by atoms with Crippen molar-refractivity contribution in [3.63, 3.8) is 0 Å². The molecule has 3 heterocycles. The van der Waals surface area contributed by atoms with E-state index in [2.05, 4.69) is 9.97 Å². The fourth-order valence-electron chi connectivity index (χ4n) is 2.43. The van der Waals surface area contributed by atoms with Crippen LogP contribution in [0.4, 0.5) is 10.8 Å². The number of nitro groups is 1. The standard InChI is InChI=1S/C11H10N4O4S/c16-11(17)7-2-1-3-14(7)9-6-4-8(15(18)19)20-10(6)13-5-12-9/h4-5,7H,1-3H2,(H,16,17)/t7-/m1/s1. The molecule has 2 aromatic heterocycles. The van der Waals surface area contributed by atoms with Gasteiger partial charge >= 0.3 is 11.0 Å². The van der Waals surface area contributed by atoms with Gasteiger partial charge in [-0.05, 0) is 24.2 Å². The van der Waals surface area contributed by atoms with E-state index in [9.17, 15) is 20.0 Å². The third kappa shape index (κ3) is 1.95. The van der Waals surface area contributed by atoms with E-state index in [-0.39, 0.29) is 5.00 Å². The molecule has 1 fully saturated rings. The van der Waals surface area contributed by atoms with E-state index in [1.807, 2.05) is 0 Å². The van der Waals surface area contributed by atoms with Crippen molar-refractivity contribution in [3.05, 3.63) is 22.5 Å². The Morgan fingerprint density at radius 1 is 1.55 bits per heavy atom. The van der Waals surface area contributed by atoms with Crippen LogP contribution in [0.2, 0.25) is 0 Å². The van der Waals surface area contributed by atoms with E-state index in [1.165, 1.54) is 12.4 Å². The molecule has 8 nitrogen and oxygen atoms in total. The zero-order valence-corrected chi connectivity index (χ0v) is 11.0. The molecule has 1 aliphatic heterocycles. The number of anilines is 1. The molecule has 0 aliphatic carbocycles. The molecule has 1 atom stereocenters. The van der Waals surface area contributed by atoms with Gasteiger partial charge in [0, 0.05) is 12.6 Å². The molecule has 0 saturated carbocycles. The van der Waals surface area contributed by atoms with Gasteiger partial charge in [-0.15, -0.1) is 0 Å². The topological polar surface area (TPSA) is 109 Å². The average Bonchev–Trinajstić information content (AvgIpc) is 3.04. The van der Waals surface area contributed by atoms with E-state index >= 15 is 0 Å². The van der Waals surface area contributed by atoms with Crippen LogP contribution in [0, 0.1) is 10.1 Å². The Kier molecular flexibility index (Phi) is 2.97. The van der Waals surface area contributed by atoms with Gasteiger partial charge in [-0.25, -0.2) is 14.8 Å². The number of aliphatic carboxylic acids is 1. The van der Waals surface area contributed by atoms with Crippen molar-refractivity contribution >= 4 is 38.3 Å². The van der Waals surface area contributed by atoms with Crippen LogP contribution in [-0.2, 0) is 4.79 Å². The van der Waals surface area contributed by atoms with Gasteiger partial charge in [0.05, 0.1) is 10.3 Å². The first kappa shape index (κ1) is 12.7. The highest BCUT2D eigenvalue weighted by Gasteiger charge is 2.33. The molecular formula is C11H10N4O4S. The monoisotopic (exact) mass is 294 g/mol. The Labute approximate surface area is 116 Å². The highest BCUT2D eigenvalue weighted by atomic mass is 32.1. The lowest BCUT2D eigenvalue weighted by atomic mass is 10.2. The molecular weight excluding hydrogens is 284 g/mol. The van der Waals surface area contributed by atoms with Gasteiger partial charge in [0.15, 0.2) is 0 Å². The number of fused-ring (bicyclic) bond motifs is 1. The van der Waals surface area contributed by atoms with Crippen LogP contribution in [0.25, 0.3) is 10.2 Å². The number of hydrogen-bond donors (Lipinski definition) is 1. The van der Waals surface area contributed by atoms with E-state index in [0.29, 0.717) is 29.0 Å². The molecule has 0 aromatic carbocycles. The SMILES string of the molecule is O=C(O)[C@H]1CCCN1c1ncnc2sc([N+](=O)[O-])cc12. The Hall–Kier alpha value is -2.29. The minimum atomic E-state index is -0.904. The Morgan fingerprint density at radius 3 is 3.05 bits per heavy atom. The normalized spacial score (nSPS) is 18.6. The van der Waals surface area contributed by atoms with Crippen molar-refractivity contribution in [1.82, 2.24) is 9.97 Å². The molecule has 0 radical (unpaired) electrons. The molecule has 3 rings (SSSR count). The summed E-state index contributed by atoms with van der Waals surface area (Å²) in [6.45, 7) is 0.576. The summed E-state index contributed by atoms with van der Waals surface area (Å²) in [6, 6.07) is 0.777. The number of carboxylic acid groups (broad SMARTS) is 1. The third-order valence-corrected chi connectivity index (χ3v) is 4.28. The number of rotatable bonds is 3. The highest BCUT2D eigenvalue weighted by Crippen LogP contribution is 2.36. The minimum Gasteiger partial charge on any atom is -0.480 e. The van der Waals surface area contributed by atoms with Crippen molar-refractivity contribution in [2.75, 3.05) is 11.4 Å². The lowest BCUT2D eigenvalue weighted by Crippen LogP contribution is -2.36. The van der Waals surface area contributed by atoms with Crippen molar-refractivity contribution in [3.8, 4) is 0 Å². The van der Waals surface area contributed by atoms with E-state index in [4.69, 9.17) is 0 Å². The van der Waals surface area contributed by atoms with Crippen LogP contribution >= 0.6 is 11.3 Å². The summed E-state index contributed by atoms with van der Waals surface area (Å²) in [6.07, 6.45) is 2.62. The van der Waals surface area contributed by atoms with Crippen LogP contribution in [-0.4, -0.2) is 38.6 Å². The Balaban J connectivity index is 2.11. The van der Waals surface area contributed by atoms with Gasteiger partial charge in [-0.1, -0.05) is 0 Å². The average molecular weight is 294 g/mol. The number of nitrogens with zero attached hydrogens (tertiary/aromatic N) is 4. The number of carboxylic acids is 1. The molecule has 0 unspecified atom stereocenters. The summed E-state index contributed by atoms with van der Waals surface area (Å²) >= 11 is 0.964. The molecule has 0 bridgehead atoms. The molecule has 2 aromatic rings. The summed E-state index contributed by atoms with van der Waals surface area (Å²) in [7, 11) is 0. The zero-order valence-electron chi connectivity index (χ0n) is 10.2. The maximum atomic E-state index is 11.2. The van der Waals surface area contributed by atoms with E-state index in [0.717, 1.165) is 17.8 Å². The van der Waals surface area contributed by atoms with Gasteiger partial charge in [0.2, 0.25) is 0 Å². The highest BCUT2D eigenvalue weighted by molar-refractivity contribution is 7.21. The fourth-order valence-corrected chi connectivity index (χ4v) is 3.24. The maximum Gasteiger partial charge on any atom is 0.326 e. The molecule has 0 spiro atoms. The summed E-state index contributed by atoms with van der Waals surface area (Å²) in [5, 5.41) is 20.6. The van der Waals surface area contributed by atoms with Gasteiger partial charge in [-0.3, -0.25) is 10.1 Å². The predicted octanol–water partition coefficient (Wildman–Crippen LogP) is 1.65. The fraction of sp³-hybridized carbons (Fsp3) is 0.364. The first-order valence-electron chi connectivity index (χ1n) is 5.96. The first-order valence-corrected chi connectivity index (χ1v) is 6.78. The summed E-state index contributed by atoms with van der Waals surface area (Å²) in [5.74, 6) is -0.441. The number of hydrogen-bond acceptors (Lipinski definition) is 7. The van der Waals surface area contributed by atoms with Crippen molar-refractivity contribution < 1.29 is 14.8 Å². The lowest BCUT2D eigenvalue weighted by Gasteiger charge is -2.22. The largest absolute Gasteiger partial charge is 0.480 e. The van der Waals surface area contributed by atoms with Gasteiger partial charge in [-0.2, -0.15) is 0 Å². The van der Waals surface area contributed by atoms with Crippen LogP contribution in [0.3, 0.4) is 0 Å². The Bertz CT molecular complexity index is 701. The molecule has 1 N–H and O–H groups in total. The van der Waals surface area contributed by atoms with Gasteiger partial charge in [0.1, 0.15) is 23.0 Å². The number of carbonyl (C=O) groups is 1. The smallest absolute Gasteiger partial charge is 0.326 e. The zero-order chi connectivity index (χ0) is 14.3. The molecule has 1 aliphatic rings. The molecule has 20 heavy (non-hydrogen) atoms. The molecule has 0 amide bonds. The summed E-state index contributed by atoms with van der Waals surface area (Å²) in [5.41, 5.74) is 0. The predicted molar refractivity (Wildman–Crippen MR) is 72.1 cm³/mol. The quantitative estimate of drug-likeness (QED) is 0.677. The minimum absolute atomic E-state index is 0.0205. The van der Waals surface area contributed by atoms with Crippen LogP contribution in [0.5, 0.6) is 0 Å². The van der Waals surface area contributed by atoms with Crippen LogP contribution in [0.15, 0.2) is 12.4 Å². The van der Waals surface area contributed by atoms with E-state index < -0.39 is 16.9 Å². The second-order valence-electron chi connectivity index (χ2n) is 4.45. The van der Waals surface area contributed by atoms with Gasteiger partial charge < -0.3 is 10.0 Å². The third-order valence-electron chi connectivity index (χ3n) is 3.29. The maximum absolute atomic E-state index is 11.2. The van der Waals surface area contributed by atoms with Crippen molar-refractivity contribution in [2.24, 2.45) is 0 Å². The second kappa shape index (κ2) is 4.67. The second-order valence-corrected chi connectivity index (χ2v) is 5.46. The lowest BCUT2D eigenvalue weighted by molar-refractivity contribution is -0.380. The number of thiophene rings is 1. The van der Waals surface area contributed by atoms with E-state index in [1.54, 1.807) is 4.90 Å². The summed E-state index contributed by atoms with van der Waals surface area (Å²) < 4.78 is 0. The molecule has 9 heteroatoms. The summed E-state index contributed by atoms with van der Waals surface area (Å²) in [4.78, 5) is 31.9. The van der Waals surface area contributed by atoms with Crippen molar-refractivity contribution in [1.29, 1.82) is 0 Å². The van der Waals surface area contributed by atoms with Crippen LogP contribution < -0.4 is 4.90 Å². The van der Waals surface area contributed by atoms with Crippen LogP contribution in [0.1, 0.15) is 12.8 Å². The van der Waals surface area contributed by atoms with Gasteiger partial charge in [0.25, 0.3) is 0 Å². The Morgan fingerprint density at radius 2 is 2.35 bits per heavy atom. The number of aromatic nitrogens is 2.